The van der Waals surface area contributed by atoms with E-state index in [1.807, 2.05) is 24.3 Å². The number of amides is 1. The number of rotatable bonds is 6. The number of anilines is 1. The van der Waals surface area contributed by atoms with E-state index >= 15 is 0 Å². The Hall–Kier alpha value is -3.65. The first-order valence-electron chi connectivity index (χ1n) is 11.3. The fourth-order valence-electron chi connectivity index (χ4n) is 4.39. The number of aromatic nitrogens is 2. The lowest BCUT2D eigenvalue weighted by Crippen LogP contribution is -2.52. The Balaban J connectivity index is 1.16. The molecule has 8 heteroatoms. The minimum atomic E-state index is -0.351. The molecule has 1 atom stereocenters. The van der Waals surface area contributed by atoms with Crippen molar-refractivity contribution in [1.82, 2.24) is 19.8 Å². The van der Waals surface area contributed by atoms with Crippen molar-refractivity contribution < 1.29 is 9.21 Å². The number of furan rings is 1. The van der Waals surface area contributed by atoms with Crippen LogP contribution >= 0.6 is 0 Å². The normalized spacial score (nSPS) is 15.7. The van der Waals surface area contributed by atoms with Crippen LogP contribution in [-0.4, -0.2) is 59.1 Å². The van der Waals surface area contributed by atoms with Gasteiger partial charge in [-0.05, 0) is 31.2 Å². The van der Waals surface area contributed by atoms with Gasteiger partial charge in [0.15, 0.2) is 0 Å². The molecule has 33 heavy (non-hydrogen) atoms. The van der Waals surface area contributed by atoms with Gasteiger partial charge in [-0.25, -0.2) is 4.98 Å². The highest BCUT2D eigenvalue weighted by Gasteiger charge is 2.22. The average molecular weight is 446 g/mol. The van der Waals surface area contributed by atoms with Crippen LogP contribution in [0.5, 0.6) is 0 Å². The molecule has 5 rings (SSSR count). The number of nitrogens with zero attached hydrogens (tertiary/aromatic N) is 4. The average Bonchev–Trinajstić information content (AvgIpc) is 3.24. The van der Waals surface area contributed by atoms with Crippen LogP contribution in [0.25, 0.3) is 22.1 Å². The molecule has 1 N–H and O–H groups in total. The molecule has 2 aromatic carbocycles. The first-order valence-corrected chi connectivity index (χ1v) is 11.3. The van der Waals surface area contributed by atoms with E-state index < -0.39 is 0 Å². The zero-order valence-electron chi connectivity index (χ0n) is 18.6. The molecule has 0 spiro atoms. The first kappa shape index (κ1) is 21.2. The maximum Gasteiger partial charge on any atom is 0.297 e. The number of piperazine rings is 1. The van der Waals surface area contributed by atoms with Crippen molar-refractivity contribution in [3.8, 4) is 0 Å². The number of para-hydroxylation sites is 2. The third kappa shape index (κ3) is 4.34. The van der Waals surface area contributed by atoms with Gasteiger partial charge in [0.25, 0.3) is 5.56 Å². The smallest absolute Gasteiger partial charge is 0.297 e. The second-order valence-corrected chi connectivity index (χ2v) is 8.47. The van der Waals surface area contributed by atoms with Crippen LogP contribution in [0.2, 0.25) is 0 Å². The number of hydrogen-bond donors (Lipinski definition) is 1. The summed E-state index contributed by atoms with van der Waals surface area (Å²) in [5.74, 6) is -0.218. The van der Waals surface area contributed by atoms with Crippen LogP contribution in [0.3, 0.4) is 0 Å². The molecule has 1 saturated heterocycles. The Bertz CT molecular complexity index is 1320. The van der Waals surface area contributed by atoms with Gasteiger partial charge in [-0.3, -0.25) is 19.1 Å². The van der Waals surface area contributed by atoms with Crippen molar-refractivity contribution in [2.75, 3.05) is 37.6 Å². The van der Waals surface area contributed by atoms with Crippen molar-refractivity contribution >= 4 is 33.7 Å². The summed E-state index contributed by atoms with van der Waals surface area (Å²) in [6.45, 7) is 6.36. The number of carbonyl (C=O) groups is 1. The summed E-state index contributed by atoms with van der Waals surface area (Å²) in [5.41, 5.74) is 2.21. The summed E-state index contributed by atoms with van der Waals surface area (Å²) in [6, 6.07) is 18.0. The SMILES string of the molecule is CC(CNC(=O)Cn1cnc2c(oc3ccccc32)c1=O)N1CCN(c2ccccc2)CC1. The molecule has 0 aliphatic carbocycles. The largest absolute Gasteiger partial charge is 0.448 e. The van der Waals surface area contributed by atoms with Crippen LogP contribution in [0.4, 0.5) is 5.69 Å². The molecular formula is C25H27N5O3. The quantitative estimate of drug-likeness (QED) is 0.491. The molecular weight excluding hydrogens is 418 g/mol. The fourth-order valence-corrected chi connectivity index (χ4v) is 4.39. The van der Waals surface area contributed by atoms with Crippen molar-refractivity contribution in [3.05, 3.63) is 71.3 Å². The molecule has 8 nitrogen and oxygen atoms in total. The van der Waals surface area contributed by atoms with Gasteiger partial charge < -0.3 is 14.6 Å². The number of hydrogen-bond acceptors (Lipinski definition) is 6. The highest BCUT2D eigenvalue weighted by atomic mass is 16.3. The molecule has 4 aromatic rings. The summed E-state index contributed by atoms with van der Waals surface area (Å²) < 4.78 is 6.98. The highest BCUT2D eigenvalue weighted by molar-refractivity contribution is 6.01. The summed E-state index contributed by atoms with van der Waals surface area (Å²) >= 11 is 0. The molecule has 0 radical (unpaired) electrons. The van der Waals surface area contributed by atoms with E-state index in [9.17, 15) is 9.59 Å². The fraction of sp³-hybridized carbons (Fsp3) is 0.320. The van der Waals surface area contributed by atoms with Crippen molar-refractivity contribution in [1.29, 1.82) is 0 Å². The molecule has 1 unspecified atom stereocenters. The summed E-state index contributed by atoms with van der Waals surface area (Å²) in [5, 5.41) is 3.75. The van der Waals surface area contributed by atoms with Crippen LogP contribution in [0.15, 0.2) is 70.1 Å². The number of fused-ring (bicyclic) bond motifs is 3. The number of benzene rings is 2. The molecule has 1 amide bonds. The van der Waals surface area contributed by atoms with E-state index in [0.717, 1.165) is 31.6 Å². The lowest BCUT2D eigenvalue weighted by Gasteiger charge is -2.39. The van der Waals surface area contributed by atoms with Crippen molar-refractivity contribution in [2.45, 2.75) is 19.5 Å². The summed E-state index contributed by atoms with van der Waals surface area (Å²) in [7, 11) is 0. The van der Waals surface area contributed by atoms with Crippen molar-refractivity contribution in [3.63, 3.8) is 0 Å². The van der Waals surface area contributed by atoms with Gasteiger partial charge in [-0.1, -0.05) is 30.3 Å². The second-order valence-electron chi connectivity index (χ2n) is 8.47. The Labute approximate surface area is 191 Å². The van der Waals surface area contributed by atoms with E-state index in [0.29, 0.717) is 17.6 Å². The van der Waals surface area contributed by atoms with E-state index in [1.165, 1.54) is 16.6 Å². The minimum absolute atomic E-state index is 0.0900. The van der Waals surface area contributed by atoms with Gasteiger partial charge >= 0.3 is 0 Å². The topological polar surface area (TPSA) is 83.6 Å². The van der Waals surface area contributed by atoms with E-state index in [2.05, 4.69) is 51.3 Å². The number of nitrogens with one attached hydrogen (secondary N) is 1. The van der Waals surface area contributed by atoms with Gasteiger partial charge in [-0.15, -0.1) is 0 Å². The Morgan fingerprint density at radius 3 is 2.58 bits per heavy atom. The summed E-state index contributed by atoms with van der Waals surface area (Å²) in [6.07, 6.45) is 1.42. The Kier molecular flexibility index (Phi) is 5.83. The Morgan fingerprint density at radius 1 is 1.06 bits per heavy atom. The van der Waals surface area contributed by atoms with Gasteiger partial charge in [0.2, 0.25) is 11.5 Å². The molecule has 1 fully saturated rings. The van der Waals surface area contributed by atoms with Gasteiger partial charge in [0.1, 0.15) is 17.6 Å². The molecule has 1 aliphatic rings. The first-order chi connectivity index (χ1) is 16.1. The molecule has 1 aliphatic heterocycles. The second kappa shape index (κ2) is 9.07. The molecule has 3 heterocycles. The lowest BCUT2D eigenvalue weighted by atomic mass is 10.2. The zero-order valence-corrected chi connectivity index (χ0v) is 18.6. The van der Waals surface area contributed by atoms with Crippen molar-refractivity contribution in [2.24, 2.45) is 0 Å². The summed E-state index contributed by atoms with van der Waals surface area (Å²) in [4.78, 5) is 34.5. The van der Waals surface area contributed by atoms with Crippen LogP contribution in [0.1, 0.15) is 6.92 Å². The molecule has 2 aromatic heterocycles. The van der Waals surface area contributed by atoms with E-state index in [-0.39, 0.29) is 29.6 Å². The van der Waals surface area contributed by atoms with E-state index in [1.54, 1.807) is 6.07 Å². The lowest BCUT2D eigenvalue weighted by molar-refractivity contribution is -0.122. The predicted molar refractivity (Wildman–Crippen MR) is 128 cm³/mol. The Morgan fingerprint density at radius 2 is 1.79 bits per heavy atom. The third-order valence-corrected chi connectivity index (χ3v) is 6.32. The molecule has 0 saturated carbocycles. The molecule has 0 bridgehead atoms. The predicted octanol–water partition coefficient (Wildman–Crippen LogP) is 2.47. The number of carbonyl (C=O) groups excluding carboxylic acids is 1. The standard InChI is InChI=1S/C25H27N5O3/c1-18(28-11-13-29(14-12-28)19-7-3-2-4-8-19)15-26-22(31)16-30-17-27-23-20-9-5-6-10-21(20)33-24(23)25(30)32/h2-10,17-18H,11-16H2,1H3,(H,26,31). The highest BCUT2D eigenvalue weighted by Crippen LogP contribution is 2.24. The van der Waals surface area contributed by atoms with Crippen LogP contribution < -0.4 is 15.8 Å². The minimum Gasteiger partial charge on any atom is -0.448 e. The zero-order chi connectivity index (χ0) is 22.8. The van der Waals surface area contributed by atoms with E-state index in [4.69, 9.17) is 4.42 Å². The van der Waals surface area contributed by atoms with Crippen LogP contribution in [-0.2, 0) is 11.3 Å². The maximum absolute atomic E-state index is 12.8. The molecule has 170 valence electrons. The maximum atomic E-state index is 12.8. The van der Waals surface area contributed by atoms with Crippen LogP contribution in [0, 0.1) is 0 Å². The third-order valence-electron chi connectivity index (χ3n) is 6.32. The van der Waals surface area contributed by atoms with Gasteiger partial charge in [0.05, 0.1) is 6.33 Å². The van der Waals surface area contributed by atoms with Gasteiger partial charge in [-0.2, -0.15) is 0 Å². The van der Waals surface area contributed by atoms with Gasteiger partial charge in [0, 0.05) is 49.8 Å². The monoisotopic (exact) mass is 445 g/mol.